The topological polar surface area (TPSA) is 87.7 Å². The van der Waals surface area contributed by atoms with Gasteiger partial charge in [0.15, 0.2) is 6.04 Å². The van der Waals surface area contributed by atoms with Crippen LogP contribution in [0, 0.1) is 0 Å². The second kappa shape index (κ2) is 7.14. The Morgan fingerprint density at radius 3 is 2.50 bits per heavy atom. The van der Waals surface area contributed by atoms with E-state index in [1.54, 1.807) is 13.8 Å². The van der Waals surface area contributed by atoms with Gasteiger partial charge in [-0.15, -0.1) is 0 Å². The van der Waals surface area contributed by atoms with Crippen LogP contribution in [0.4, 0.5) is 4.79 Å². The lowest BCUT2D eigenvalue weighted by atomic mass is 10.3. The standard InChI is InChI=1S/C8H16N2O4/c1-3-9-8(13)10-6(5-11)7(12)14-4-2/h6,11H,3-5H2,1-2H3,(H2,9,10,13)/t6-/m0/s1. The van der Waals surface area contributed by atoms with E-state index < -0.39 is 24.6 Å². The first-order valence-electron chi connectivity index (χ1n) is 4.47. The van der Waals surface area contributed by atoms with E-state index in [2.05, 4.69) is 15.4 Å². The van der Waals surface area contributed by atoms with Gasteiger partial charge < -0.3 is 20.5 Å². The van der Waals surface area contributed by atoms with Crippen LogP contribution in [0.1, 0.15) is 13.8 Å². The SMILES string of the molecule is CCNC(=O)N[C@@H](CO)C(=O)OCC. The highest BCUT2D eigenvalue weighted by Gasteiger charge is 2.20. The molecule has 0 rings (SSSR count). The molecule has 0 aromatic rings. The molecule has 0 radical (unpaired) electrons. The molecule has 6 heteroatoms. The fraction of sp³-hybridized carbons (Fsp3) is 0.750. The maximum atomic E-state index is 11.1. The van der Waals surface area contributed by atoms with Crippen molar-refractivity contribution in [2.75, 3.05) is 19.8 Å². The van der Waals surface area contributed by atoms with E-state index in [9.17, 15) is 9.59 Å². The number of urea groups is 1. The van der Waals surface area contributed by atoms with Crippen molar-refractivity contribution >= 4 is 12.0 Å². The lowest BCUT2D eigenvalue weighted by Crippen LogP contribution is -2.48. The number of hydrogen-bond donors (Lipinski definition) is 3. The third-order valence-electron chi connectivity index (χ3n) is 1.40. The van der Waals surface area contributed by atoms with Gasteiger partial charge in [-0.1, -0.05) is 0 Å². The maximum Gasteiger partial charge on any atom is 0.331 e. The molecule has 0 bridgehead atoms. The highest BCUT2D eigenvalue weighted by molar-refractivity contribution is 5.83. The van der Waals surface area contributed by atoms with Crippen molar-refractivity contribution in [2.24, 2.45) is 0 Å². The molecule has 6 nitrogen and oxygen atoms in total. The molecule has 14 heavy (non-hydrogen) atoms. The van der Waals surface area contributed by atoms with E-state index in [4.69, 9.17) is 5.11 Å². The number of carbonyl (C=O) groups is 2. The number of ether oxygens (including phenoxy) is 1. The minimum Gasteiger partial charge on any atom is -0.464 e. The lowest BCUT2D eigenvalue weighted by molar-refractivity contribution is -0.146. The molecule has 0 fully saturated rings. The molecule has 0 aromatic carbocycles. The van der Waals surface area contributed by atoms with Gasteiger partial charge in [-0.2, -0.15) is 0 Å². The molecule has 3 N–H and O–H groups in total. The number of carbonyl (C=O) groups excluding carboxylic acids is 2. The van der Waals surface area contributed by atoms with Gasteiger partial charge in [0.1, 0.15) is 0 Å². The van der Waals surface area contributed by atoms with Crippen LogP contribution in [0.25, 0.3) is 0 Å². The highest BCUT2D eigenvalue weighted by Crippen LogP contribution is 1.88. The fourth-order valence-corrected chi connectivity index (χ4v) is 0.792. The van der Waals surface area contributed by atoms with Crippen LogP contribution < -0.4 is 10.6 Å². The zero-order valence-electron chi connectivity index (χ0n) is 8.37. The predicted molar refractivity (Wildman–Crippen MR) is 49.7 cm³/mol. The number of aliphatic hydroxyl groups is 1. The molecule has 0 unspecified atom stereocenters. The van der Waals surface area contributed by atoms with E-state index in [-0.39, 0.29) is 6.61 Å². The zero-order valence-corrected chi connectivity index (χ0v) is 8.37. The summed E-state index contributed by atoms with van der Waals surface area (Å²) in [6.45, 7) is 3.59. The summed E-state index contributed by atoms with van der Waals surface area (Å²) in [7, 11) is 0. The molecule has 0 saturated heterocycles. The Hall–Kier alpha value is -1.30. The van der Waals surface area contributed by atoms with E-state index in [0.29, 0.717) is 6.54 Å². The van der Waals surface area contributed by atoms with Crippen LogP contribution in [-0.4, -0.2) is 42.9 Å². The summed E-state index contributed by atoms with van der Waals surface area (Å²) >= 11 is 0. The predicted octanol–water partition coefficient (Wildman–Crippen LogP) is -0.770. The molecule has 0 aliphatic rings. The van der Waals surface area contributed by atoms with Crippen LogP contribution in [0.15, 0.2) is 0 Å². The molecule has 1 atom stereocenters. The van der Waals surface area contributed by atoms with Crippen molar-refractivity contribution in [1.82, 2.24) is 10.6 Å². The zero-order chi connectivity index (χ0) is 11.0. The first-order valence-corrected chi connectivity index (χ1v) is 4.47. The molecular weight excluding hydrogens is 188 g/mol. The molecule has 82 valence electrons. The Kier molecular flexibility index (Phi) is 6.47. The van der Waals surface area contributed by atoms with Crippen molar-refractivity contribution in [1.29, 1.82) is 0 Å². The van der Waals surface area contributed by atoms with Crippen LogP contribution in [0.5, 0.6) is 0 Å². The molecule has 0 aliphatic carbocycles. The quantitative estimate of drug-likeness (QED) is 0.513. The van der Waals surface area contributed by atoms with Crippen LogP contribution in [-0.2, 0) is 9.53 Å². The normalized spacial score (nSPS) is 11.6. The van der Waals surface area contributed by atoms with Crippen LogP contribution in [0.2, 0.25) is 0 Å². The second-order valence-electron chi connectivity index (χ2n) is 2.49. The monoisotopic (exact) mass is 204 g/mol. The first kappa shape index (κ1) is 12.7. The summed E-state index contributed by atoms with van der Waals surface area (Å²) in [6.07, 6.45) is 0. The minimum absolute atomic E-state index is 0.215. The maximum absolute atomic E-state index is 11.1. The number of nitrogens with one attached hydrogen (secondary N) is 2. The third-order valence-corrected chi connectivity index (χ3v) is 1.40. The smallest absolute Gasteiger partial charge is 0.331 e. The largest absolute Gasteiger partial charge is 0.464 e. The minimum atomic E-state index is -0.999. The van der Waals surface area contributed by atoms with Crippen molar-refractivity contribution in [3.8, 4) is 0 Å². The second-order valence-corrected chi connectivity index (χ2v) is 2.49. The summed E-state index contributed by atoms with van der Waals surface area (Å²) < 4.78 is 4.63. The number of esters is 1. The fourth-order valence-electron chi connectivity index (χ4n) is 0.792. The first-order chi connectivity index (χ1) is 6.65. The van der Waals surface area contributed by atoms with Crippen LogP contribution >= 0.6 is 0 Å². The van der Waals surface area contributed by atoms with Gasteiger partial charge in [0.05, 0.1) is 13.2 Å². The number of rotatable bonds is 5. The van der Waals surface area contributed by atoms with Crippen molar-refractivity contribution in [3.05, 3.63) is 0 Å². The van der Waals surface area contributed by atoms with E-state index in [1.165, 1.54) is 0 Å². The van der Waals surface area contributed by atoms with Gasteiger partial charge in [0.2, 0.25) is 0 Å². The Bertz CT molecular complexity index is 196. The van der Waals surface area contributed by atoms with Crippen molar-refractivity contribution in [2.45, 2.75) is 19.9 Å². The lowest BCUT2D eigenvalue weighted by Gasteiger charge is -2.14. The highest BCUT2D eigenvalue weighted by atomic mass is 16.5. The van der Waals surface area contributed by atoms with E-state index in [0.717, 1.165) is 0 Å². The number of aliphatic hydroxyl groups excluding tert-OH is 1. The van der Waals surface area contributed by atoms with E-state index >= 15 is 0 Å². The Labute approximate surface area is 82.6 Å². The van der Waals surface area contributed by atoms with Crippen molar-refractivity contribution in [3.63, 3.8) is 0 Å². The van der Waals surface area contributed by atoms with E-state index in [1.807, 2.05) is 0 Å². The average molecular weight is 204 g/mol. The molecule has 0 heterocycles. The molecular formula is C8H16N2O4. The number of amides is 2. The molecule has 0 aliphatic heterocycles. The summed E-state index contributed by atoms with van der Waals surface area (Å²) in [5, 5.41) is 13.5. The summed E-state index contributed by atoms with van der Waals surface area (Å²) in [6, 6.07) is -1.50. The van der Waals surface area contributed by atoms with Gasteiger partial charge in [-0.05, 0) is 13.8 Å². The third kappa shape index (κ3) is 4.66. The molecule has 0 spiro atoms. The van der Waals surface area contributed by atoms with Gasteiger partial charge >= 0.3 is 12.0 Å². The summed E-state index contributed by atoms with van der Waals surface area (Å²) in [4.78, 5) is 22.1. The Balaban J connectivity index is 4.01. The molecule has 0 aromatic heterocycles. The van der Waals surface area contributed by atoms with Gasteiger partial charge in [-0.3, -0.25) is 0 Å². The number of hydrogen-bond acceptors (Lipinski definition) is 4. The van der Waals surface area contributed by atoms with Crippen LogP contribution in [0.3, 0.4) is 0 Å². The molecule has 0 saturated carbocycles. The Morgan fingerprint density at radius 1 is 1.43 bits per heavy atom. The van der Waals surface area contributed by atoms with Gasteiger partial charge in [0, 0.05) is 6.54 Å². The summed E-state index contributed by atoms with van der Waals surface area (Å²) in [5.74, 6) is -0.638. The van der Waals surface area contributed by atoms with Gasteiger partial charge in [-0.25, -0.2) is 9.59 Å². The van der Waals surface area contributed by atoms with Gasteiger partial charge in [0.25, 0.3) is 0 Å². The average Bonchev–Trinajstić information content (AvgIpc) is 2.15. The summed E-state index contributed by atoms with van der Waals surface area (Å²) in [5.41, 5.74) is 0. The van der Waals surface area contributed by atoms with Crippen molar-refractivity contribution < 1.29 is 19.4 Å². The Morgan fingerprint density at radius 2 is 2.07 bits per heavy atom. The molecule has 2 amide bonds.